The van der Waals surface area contributed by atoms with Gasteiger partial charge in [-0.3, -0.25) is 9.52 Å². The smallest absolute Gasteiger partial charge is 0.475 e. The second-order valence-electron chi connectivity index (χ2n) is 9.11. The third kappa shape index (κ3) is 9.40. The highest BCUT2D eigenvalue weighted by Crippen LogP contribution is 2.28. The first-order valence-electron chi connectivity index (χ1n) is 13.1. The second-order valence-corrected chi connectivity index (χ2v) is 10.8. The van der Waals surface area contributed by atoms with Crippen LogP contribution < -0.4 is 14.9 Å². The molecule has 40 heavy (non-hydrogen) atoms. The molecule has 2 aromatic rings. The van der Waals surface area contributed by atoms with Crippen LogP contribution in [0.3, 0.4) is 0 Å². The quantitative estimate of drug-likeness (QED) is 0.379. The summed E-state index contributed by atoms with van der Waals surface area (Å²) in [6.07, 6.45) is -2.30. The summed E-state index contributed by atoms with van der Waals surface area (Å²) in [4.78, 5) is 26.6. The first kappa shape index (κ1) is 32.9. The fraction of sp³-hybridized carbons (Fsp3) is 0.481. The minimum atomic E-state index is -5.08. The van der Waals surface area contributed by atoms with Crippen LogP contribution in [0.4, 0.5) is 24.5 Å². The minimum absolute atomic E-state index is 0.0622. The summed E-state index contributed by atoms with van der Waals surface area (Å²) in [5.74, 6) is -2.82. The van der Waals surface area contributed by atoms with E-state index in [-0.39, 0.29) is 10.8 Å². The first-order chi connectivity index (χ1) is 18.8. The van der Waals surface area contributed by atoms with Crippen LogP contribution in [0.5, 0.6) is 0 Å². The Labute approximate surface area is 233 Å². The van der Waals surface area contributed by atoms with Gasteiger partial charge in [0.25, 0.3) is 15.9 Å². The highest BCUT2D eigenvalue weighted by Gasteiger charge is 2.38. The number of rotatable bonds is 10. The highest BCUT2D eigenvalue weighted by molar-refractivity contribution is 7.92. The van der Waals surface area contributed by atoms with Crippen molar-refractivity contribution in [3.05, 3.63) is 53.6 Å². The molecule has 1 fully saturated rings. The molecule has 0 unspecified atom stereocenters. The number of hydrogen-bond donors (Lipinski definition) is 3. The van der Waals surface area contributed by atoms with Crippen LogP contribution in [0.25, 0.3) is 0 Å². The number of nitrogens with one attached hydrogen (secondary N) is 2. The summed E-state index contributed by atoms with van der Waals surface area (Å²) in [6.45, 7) is 10.7. The number of carboxylic acid groups (broad SMARTS) is 1. The number of halogens is 3. The molecule has 13 heteroatoms. The van der Waals surface area contributed by atoms with Gasteiger partial charge >= 0.3 is 12.1 Å². The van der Waals surface area contributed by atoms with Gasteiger partial charge in [0.05, 0.1) is 10.5 Å². The maximum Gasteiger partial charge on any atom is 0.490 e. The molecule has 2 aromatic carbocycles. The summed E-state index contributed by atoms with van der Waals surface area (Å²) in [7, 11) is -3.76. The van der Waals surface area contributed by atoms with Gasteiger partial charge in [-0.25, -0.2) is 13.2 Å². The van der Waals surface area contributed by atoms with Crippen molar-refractivity contribution in [3.63, 3.8) is 0 Å². The minimum Gasteiger partial charge on any atom is -0.475 e. The summed E-state index contributed by atoms with van der Waals surface area (Å²) in [5, 5.41) is 10.5. The lowest BCUT2D eigenvalue weighted by molar-refractivity contribution is -0.192. The molecular weight excluding hydrogens is 549 g/mol. The molecule has 0 aromatic heterocycles. The van der Waals surface area contributed by atoms with Crippen molar-refractivity contribution < 1.29 is 36.3 Å². The number of amides is 1. The average molecular weight is 587 g/mol. The topological polar surface area (TPSA) is 119 Å². The van der Waals surface area contributed by atoms with E-state index in [1.165, 1.54) is 0 Å². The number of benzene rings is 2. The fourth-order valence-electron chi connectivity index (χ4n) is 3.99. The largest absolute Gasteiger partial charge is 0.490 e. The molecule has 1 saturated heterocycles. The molecule has 0 radical (unpaired) electrons. The number of hydrogen-bond acceptors (Lipinski definition) is 6. The van der Waals surface area contributed by atoms with Gasteiger partial charge in [0.1, 0.15) is 0 Å². The van der Waals surface area contributed by atoms with Gasteiger partial charge in [0.2, 0.25) is 0 Å². The molecule has 0 atom stereocenters. The molecule has 0 spiro atoms. The monoisotopic (exact) mass is 586 g/mol. The number of carbonyl (C=O) groups is 2. The molecule has 0 bridgehead atoms. The Hall–Kier alpha value is -3.32. The Morgan fingerprint density at radius 3 is 2.15 bits per heavy atom. The Morgan fingerprint density at radius 2 is 1.65 bits per heavy atom. The maximum absolute atomic E-state index is 13.5. The van der Waals surface area contributed by atoms with Crippen LogP contribution >= 0.6 is 0 Å². The number of unbranched alkanes of at least 4 members (excludes halogenated alkanes) is 1. The van der Waals surface area contributed by atoms with Gasteiger partial charge in [-0.2, -0.15) is 13.2 Å². The molecule has 3 rings (SSSR count). The Balaban J connectivity index is 0.000000708. The van der Waals surface area contributed by atoms with Crippen molar-refractivity contribution in [1.29, 1.82) is 0 Å². The van der Waals surface area contributed by atoms with Crippen LogP contribution in [0.2, 0.25) is 0 Å². The standard InChI is InChI=1S/C25H36N4O3S.C2HF3O2/c1-4-7-16-28(6-3)25(30)23-19-21(10-13-24(23)29-17-14-26-15-18-29)27-33(31,32)22-11-8-20(5-2)9-12-22;3-2(4,5)1(6)7/h8-13,19,26-27H,4-7,14-18H2,1-3H3;(H,6,7). The van der Waals surface area contributed by atoms with Crippen molar-refractivity contribution in [2.45, 2.75) is 51.1 Å². The SMILES string of the molecule is CCCCN(CC)C(=O)c1cc(NS(=O)(=O)c2ccc(CC)cc2)ccc1N1CCNCC1.O=C(O)C(F)(F)F. The molecule has 9 nitrogen and oxygen atoms in total. The van der Waals surface area contributed by atoms with Gasteiger partial charge < -0.3 is 20.2 Å². The van der Waals surface area contributed by atoms with Crippen LogP contribution in [-0.2, 0) is 21.2 Å². The summed E-state index contributed by atoms with van der Waals surface area (Å²) in [5.41, 5.74) is 2.86. The molecule has 1 amide bonds. The number of carbonyl (C=O) groups excluding carboxylic acids is 1. The second kappa shape index (κ2) is 14.9. The number of aliphatic carboxylic acids is 1. The van der Waals surface area contributed by atoms with Gasteiger partial charge in [0.15, 0.2) is 0 Å². The lowest BCUT2D eigenvalue weighted by Gasteiger charge is -2.32. The van der Waals surface area contributed by atoms with E-state index in [1.54, 1.807) is 24.3 Å². The van der Waals surface area contributed by atoms with Gasteiger partial charge in [-0.1, -0.05) is 32.4 Å². The number of alkyl halides is 3. The molecule has 1 aliphatic heterocycles. The van der Waals surface area contributed by atoms with Crippen LogP contribution in [0.1, 0.15) is 49.5 Å². The third-order valence-corrected chi connectivity index (χ3v) is 7.67. The zero-order valence-corrected chi connectivity index (χ0v) is 23.7. The van der Waals surface area contributed by atoms with E-state index in [9.17, 15) is 26.4 Å². The van der Waals surface area contributed by atoms with Crippen molar-refractivity contribution >= 4 is 33.3 Å². The Bertz CT molecular complexity index is 1230. The number of piperazine rings is 1. The number of anilines is 2. The maximum atomic E-state index is 13.5. The van der Waals surface area contributed by atoms with Gasteiger partial charge in [0, 0.05) is 50.6 Å². The van der Waals surface area contributed by atoms with Crippen molar-refractivity contribution in [1.82, 2.24) is 10.2 Å². The normalized spacial score (nSPS) is 13.7. The number of carboxylic acids is 1. The zero-order chi connectivity index (χ0) is 29.9. The highest BCUT2D eigenvalue weighted by atomic mass is 32.2. The zero-order valence-electron chi connectivity index (χ0n) is 22.9. The molecule has 1 heterocycles. The van der Waals surface area contributed by atoms with Crippen LogP contribution in [0.15, 0.2) is 47.4 Å². The summed E-state index contributed by atoms with van der Waals surface area (Å²) in [6, 6.07) is 12.2. The summed E-state index contributed by atoms with van der Waals surface area (Å²) >= 11 is 0. The van der Waals surface area contributed by atoms with Gasteiger partial charge in [-0.15, -0.1) is 0 Å². The van der Waals surface area contributed by atoms with Crippen molar-refractivity contribution in [3.8, 4) is 0 Å². The number of aryl methyl sites for hydroxylation is 1. The van der Waals surface area contributed by atoms with E-state index in [1.807, 2.05) is 36.9 Å². The van der Waals surface area contributed by atoms with E-state index in [0.717, 1.165) is 56.7 Å². The van der Waals surface area contributed by atoms with Crippen LogP contribution in [0, 0.1) is 0 Å². The molecular formula is C27H37F3N4O5S. The molecule has 222 valence electrons. The Morgan fingerprint density at radius 1 is 1.05 bits per heavy atom. The predicted molar refractivity (Wildman–Crippen MR) is 148 cm³/mol. The third-order valence-electron chi connectivity index (χ3n) is 6.27. The molecule has 1 aliphatic rings. The first-order valence-corrected chi connectivity index (χ1v) is 14.6. The van der Waals surface area contributed by atoms with Gasteiger partial charge in [-0.05, 0) is 55.7 Å². The number of nitrogens with zero attached hydrogens (tertiary/aromatic N) is 2. The van der Waals surface area contributed by atoms with E-state index >= 15 is 0 Å². The van der Waals surface area contributed by atoms with E-state index in [4.69, 9.17) is 9.90 Å². The van der Waals surface area contributed by atoms with E-state index < -0.39 is 22.2 Å². The summed E-state index contributed by atoms with van der Waals surface area (Å²) < 4.78 is 60.4. The van der Waals surface area contributed by atoms with Crippen molar-refractivity contribution in [2.75, 3.05) is 48.9 Å². The van der Waals surface area contributed by atoms with E-state index in [0.29, 0.717) is 24.3 Å². The molecule has 3 N–H and O–H groups in total. The predicted octanol–water partition coefficient (Wildman–Crippen LogP) is 4.35. The van der Waals surface area contributed by atoms with Crippen LogP contribution in [-0.4, -0.2) is 75.7 Å². The lowest BCUT2D eigenvalue weighted by Crippen LogP contribution is -2.44. The van der Waals surface area contributed by atoms with Crippen molar-refractivity contribution in [2.24, 2.45) is 0 Å². The lowest BCUT2D eigenvalue weighted by atomic mass is 10.1. The number of sulfonamides is 1. The van der Waals surface area contributed by atoms with E-state index in [2.05, 4.69) is 21.9 Å². The Kier molecular flexibility index (Phi) is 12.2. The fourth-order valence-corrected chi connectivity index (χ4v) is 5.04. The molecule has 0 saturated carbocycles. The molecule has 0 aliphatic carbocycles. The average Bonchev–Trinajstić information content (AvgIpc) is 2.93.